The molecule has 0 aromatic heterocycles. The molecule has 0 saturated heterocycles. The molecule has 7 heteroatoms. The van der Waals surface area contributed by atoms with Crippen LogP contribution < -0.4 is 0 Å². The lowest BCUT2D eigenvalue weighted by Crippen LogP contribution is -2.35. The summed E-state index contributed by atoms with van der Waals surface area (Å²) in [6.45, 7) is 0. The van der Waals surface area contributed by atoms with Crippen LogP contribution in [0.4, 0.5) is 0 Å². The standard InChI is InChI=1S/C7H6O7/c8-1-2(9)6(12)14-5(1)7(13)3(10)4(7)11/h3,5,8-10,13H/t3?,5-,7+/m0/s1. The minimum Gasteiger partial charge on any atom is -0.505 e. The Balaban J connectivity index is 2.33. The van der Waals surface area contributed by atoms with Gasteiger partial charge in [0, 0.05) is 0 Å². The molecule has 0 bridgehead atoms. The summed E-state index contributed by atoms with van der Waals surface area (Å²) in [5.41, 5.74) is -2.32. The zero-order chi connectivity index (χ0) is 10.7. The van der Waals surface area contributed by atoms with E-state index in [0.29, 0.717) is 0 Å². The van der Waals surface area contributed by atoms with Crippen molar-refractivity contribution in [2.24, 2.45) is 0 Å². The largest absolute Gasteiger partial charge is 0.505 e. The van der Waals surface area contributed by atoms with Crippen molar-refractivity contribution in [3.05, 3.63) is 11.5 Å². The number of Topliss-reactive ketones (excluding diaryl/α,β-unsaturated/α-hetero) is 1. The Morgan fingerprint density at radius 2 is 1.79 bits per heavy atom. The number of ketones is 1. The van der Waals surface area contributed by atoms with Crippen LogP contribution in [0.1, 0.15) is 0 Å². The second-order valence-electron chi connectivity index (χ2n) is 3.11. The smallest absolute Gasteiger partial charge is 0.378 e. The molecule has 76 valence electrons. The molecule has 1 aliphatic heterocycles. The van der Waals surface area contributed by atoms with Crippen molar-refractivity contribution >= 4 is 11.8 Å². The Kier molecular flexibility index (Phi) is 1.44. The topological polar surface area (TPSA) is 124 Å². The molecule has 0 radical (unpaired) electrons. The van der Waals surface area contributed by atoms with Crippen molar-refractivity contribution in [2.75, 3.05) is 0 Å². The lowest BCUT2D eigenvalue weighted by molar-refractivity contribution is -0.150. The Morgan fingerprint density at radius 3 is 2.07 bits per heavy atom. The van der Waals surface area contributed by atoms with Gasteiger partial charge in [0.1, 0.15) is 0 Å². The van der Waals surface area contributed by atoms with E-state index >= 15 is 0 Å². The van der Waals surface area contributed by atoms with Gasteiger partial charge in [-0.05, 0) is 0 Å². The Bertz CT molecular complexity index is 370. The molecule has 2 rings (SSSR count). The summed E-state index contributed by atoms with van der Waals surface area (Å²) in [5.74, 6) is -4.21. The van der Waals surface area contributed by atoms with E-state index in [0.717, 1.165) is 0 Å². The number of esters is 1. The Morgan fingerprint density at radius 1 is 1.29 bits per heavy atom. The molecule has 3 atom stereocenters. The highest BCUT2D eigenvalue weighted by Gasteiger charge is 2.73. The van der Waals surface area contributed by atoms with E-state index in [4.69, 9.17) is 15.3 Å². The molecule has 0 aromatic rings. The predicted molar refractivity (Wildman–Crippen MR) is 38.1 cm³/mol. The molecular formula is C7H6O7. The SMILES string of the molecule is O=C1O[C@H]([C@]2(O)C(=O)C2O)C(O)=C1O. The molecule has 14 heavy (non-hydrogen) atoms. The number of carbonyl (C=O) groups is 2. The van der Waals surface area contributed by atoms with Gasteiger partial charge in [-0.1, -0.05) is 0 Å². The van der Waals surface area contributed by atoms with Gasteiger partial charge >= 0.3 is 5.97 Å². The van der Waals surface area contributed by atoms with Crippen LogP contribution in [0.15, 0.2) is 11.5 Å². The molecule has 1 fully saturated rings. The van der Waals surface area contributed by atoms with Crippen LogP contribution in [0.2, 0.25) is 0 Å². The molecule has 0 amide bonds. The molecule has 1 saturated carbocycles. The van der Waals surface area contributed by atoms with Crippen molar-refractivity contribution < 1.29 is 34.8 Å². The minimum atomic E-state index is -2.32. The summed E-state index contributed by atoms with van der Waals surface area (Å²) in [5, 5.41) is 36.2. The van der Waals surface area contributed by atoms with Crippen molar-refractivity contribution in [3.8, 4) is 0 Å². The van der Waals surface area contributed by atoms with Crippen LogP contribution in [0.5, 0.6) is 0 Å². The van der Waals surface area contributed by atoms with Gasteiger partial charge in [-0.2, -0.15) is 0 Å². The molecule has 1 aliphatic carbocycles. The highest BCUT2D eigenvalue weighted by atomic mass is 16.6. The number of hydrogen-bond donors (Lipinski definition) is 4. The van der Waals surface area contributed by atoms with Crippen molar-refractivity contribution in [2.45, 2.75) is 17.8 Å². The third-order valence-corrected chi connectivity index (χ3v) is 2.29. The molecule has 0 aromatic carbocycles. The molecule has 1 unspecified atom stereocenters. The minimum absolute atomic E-state index is 0.942. The van der Waals surface area contributed by atoms with E-state index in [9.17, 15) is 14.7 Å². The Hall–Kier alpha value is -1.60. The van der Waals surface area contributed by atoms with Gasteiger partial charge in [-0.3, -0.25) is 4.79 Å². The first-order chi connectivity index (χ1) is 6.40. The quantitative estimate of drug-likeness (QED) is 0.359. The average Bonchev–Trinajstić information content (AvgIpc) is 2.50. The zero-order valence-corrected chi connectivity index (χ0v) is 6.67. The fourth-order valence-electron chi connectivity index (χ4n) is 1.31. The maximum atomic E-state index is 10.8. The molecule has 1 heterocycles. The van der Waals surface area contributed by atoms with E-state index in [2.05, 4.69) is 4.74 Å². The maximum absolute atomic E-state index is 10.8. The number of aliphatic hydroxyl groups is 4. The number of carbonyl (C=O) groups excluding carboxylic acids is 2. The molecular weight excluding hydrogens is 196 g/mol. The number of rotatable bonds is 1. The van der Waals surface area contributed by atoms with Crippen LogP contribution in [0, 0.1) is 0 Å². The number of hydrogen-bond acceptors (Lipinski definition) is 7. The van der Waals surface area contributed by atoms with Crippen molar-refractivity contribution in [1.29, 1.82) is 0 Å². The van der Waals surface area contributed by atoms with Gasteiger partial charge in [-0.15, -0.1) is 0 Å². The lowest BCUT2D eigenvalue weighted by Gasteiger charge is -2.13. The Labute approximate surface area is 76.8 Å². The first kappa shape index (κ1) is 8.97. The van der Waals surface area contributed by atoms with E-state index in [1.165, 1.54) is 0 Å². The highest BCUT2D eigenvalue weighted by Crippen LogP contribution is 2.41. The normalized spacial score (nSPS) is 41.6. The van der Waals surface area contributed by atoms with Gasteiger partial charge in [0.2, 0.25) is 23.2 Å². The second kappa shape index (κ2) is 2.25. The van der Waals surface area contributed by atoms with Gasteiger partial charge in [-0.25, -0.2) is 4.79 Å². The average molecular weight is 202 g/mol. The third kappa shape index (κ3) is 0.777. The van der Waals surface area contributed by atoms with Crippen LogP contribution in [0.25, 0.3) is 0 Å². The number of cyclic esters (lactones) is 1. The summed E-state index contributed by atoms with van der Waals surface area (Å²) in [4.78, 5) is 21.5. The summed E-state index contributed by atoms with van der Waals surface area (Å²) in [6, 6.07) is 0. The van der Waals surface area contributed by atoms with Gasteiger partial charge in [0.25, 0.3) is 0 Å². The van der Waals surface area contributed by atoms with Crippen LogP contribution >= 0.6 is 0 Å². The van der Waals surface area contributed by atoms with Gasteiger partial charge in [0.05, 0.1) is 0 Å². The molecule has 4 N–H and O–H groups in total. The van der Waals surface area contributed by atoms with Crippen molar-refractivity contribution in [3.63, 3.8) is 0 Å². The third-order valence-electron chi connectivity index (χ3n) is 2.29. The van der Waals surface area contributed by atoms with Crippen LogP contribution in [0.3, 0.4) is 0 Å². The molecule has 2 aliphatic rings. The summed E-state index contributed by atoms with van der Waals surface area (Å²) in [7, 11) is 0. The van der Waals surface area contributed by atoms with E-state index in [1.807, 2.05) is 0 Å². The van der Waals surface area contributed by atoms with E-state index in [1.54, 1.807) is 0 Å². The zero-order valence-electron chi connectivity index (χ0n) is 6.67. The van der Waals surface area contributed by atoms with E-state index < -0.39 is 41.1 Å². The predicted octanol–water partition coefficient (Wildman–Crippen LogP) is -2.09. The number of aliphatic hydroxyl groups excluding tert-OH is 3. The van der Waals surface area contributed by atoms with Crippen LogP contribution in [-0.4, -0.2) is 50.0 Å². The van der Waals surface area contributed by atoms with Gasteiger partial charge < -0.3 is 25.2 Å². The van der Waals surface area contributed by atoms with Crippen LogP contribution in [-0.2, 0) is 14.3 Å². The first-order valence-corrected chi connectivity index (χ1v) is 3.68. The summed E-state index contributed by atoms with van der Waals surface area (Å²) < 4.78 is 4.31. The monoisotopic (exact) mass is 202 g/mol. The highest BCUT2D eigenvalue weighted by molar-refractivity contribution is 6.11. The van der Waals surface area contributed by atoms with Crippen molar-refractivity contribution in [1.82, 2.24) is 0 Å². The fourth-order valence-corrected chi connectivity index (χ4v) is 1.31. The van der Waals surface area contributed by atoms with Gasteiger partial charge in [0.15, 0.2) is 11.9 Å². The van der Waals surface area contributed by atoms with E-state index in [-0.39, 0.29) is 0 Å². The maximum Gasteiger partial charge on any atom is 0.378 e. The summed E-state index contributed by atoms with van der Waals surface area (Å²) in [6.07, 6.45) is -3.41. The lowest BCUT2D eigenvalue weighted by atomic mass is 10.1. The molecule has 0 spiro atoms. The second-order valence-corrected chi connectivity index (χ2v) is 3.11. The number of ether oxygens (including phenoxy) is 1. The molecule has 7 nitrogen and oxygen atoms in total. The first-order valence-electron chi connectivity index (χ1n) is 3.68. The fraction of sp³-hybridized carbons (Fsp3) is 0.429. The summed E-state index contributed by atoms with van der Waals surface area (Å²) >= 11 is 0.